The van der Waals surface area contributed by atoms with Crippen LogP contribution in [0.25, 0.3) is 0 Å². The lowest BCUT2D eigenvalue weighted by atomic mass is 10.1. The highest BCUT2D eigenvalue weighted by atomic mass is 35.5. The Morgan fingerprint density at radius 2 is 1.88 bits per heavy atom. The van der Waals surface area contributed by atoms with Gasteiger partial charge in [-0.2, -0.15) is 0 Å². The Morgan fingerprint density at radius 3 is 2.62 bits per heavy atom. The van der Waals surface area contributed by atoms with Crippen LogP contribution in [0.4, 0.5) is 11.4 Å². The fourth-order valence-electron chi connectivity index (χ4n) is 3.01. The number of nitrogens with zero attached hydrogens (tertiary/aromatic N) is 1. The summed E-state index contributed by atoms with van der Waals surface area (Å²) in [6.45, 7) is 0.587. The van der Waals surface area contributed by atoms with Crippen LogP contribution in [-0.2, 0) is 6.42 Å². The van der Waals surface area contributed by atoms with Crippen molar-refractivity contribution >= 4 is 34.8 Å². The molecule has 0 spiro atoms. The molecule has 0 atom stereocenters. The number of hydrogen-bond donors (Lipinski definition) is 1. The minimum atomic E-state index is -0.233. The van der Waals surface area contributed by atoms with Gasteiger partial charge in [-0.3, -0.25) is 9.59 Å². The van der Waals surface area contributed by atoms with Crippen LogP contribution in [0.3, 0.4) is 0 Å². The van der Waals surface area contributed by atoms with Gasteiger partial charge in [-0.1, -0.05) is 17.7 Å². The number of nitrogens with one attached hydrogen (secondary N) is 1. The van der Waals surface area contributed by atoms with Gasteiger partial charge in [0, 0.05) is 28.5 Å². The Labute approximate surface area is 155 Å². The molecule has 0 radical (unpaired) electrons. The first-order valence-corrected chi connectivity index (χ1v) is 8.55. The van der Waals surface area contributed by atoms with Crippen molar-refractivity contribution in [2.24, 2.45) is 0 Å². The van der Waals surface area contributed by atoms with E-state index < -0.39 is 0 Å². The highest BCUT2D eigenvalue weighted by molar-refractivity contribution is 6.30. The average molecular weight is 367 g/mol. The fourth-order valence-corrected chi connectivity index (χ4v) is 3.13. The van der Waals surface area contributed by atoms with Crippen LogP contribution >= 0.6 is 11.6 Å². The minimum absolute atomic E-state index is 0.185. The molecular formula is C20H15ClN2O3. The fraction of sp³-hybridized carbons (Fsp3) is 0.100. The zero-order chi connectivity index (χ0) is 18.1. The van der Waals surface area contributed by atoms with Gasteiger partial charge >= 0.3 is 0 Å². The van der Waals surface area contributed by atoms with E-state index in [9.17, 15) is 9.59 Å². The van der Waals surface area contributed by atoms with Crippen LogP contribution in [0.2, 0.25) is 5.02 Å². The molecule has 0 unspecified atom stereocenters. The molecule has 1 N–H and O–H groups in total. The molecule has 3 aromatic rings. The topological polar surface area (TPSA) is 62.6 Å². The molecule has 26 heavy (non-hydrogen) atoms. The molecule has 0 fully saturated rings. The highest BCUT2D eigenvalue weighted by Gasteiger charge is 2.27. The number of anilines is 2. The van der Waals surface area contributed by atoms with E-state index in [1.165, 1.54) is 6.26 Å². The molecule has 0 saturated carbocycles. The number of rotatable bonds is 3. The number of hydrogen-bond acceptors (Lipinski definition) is 3. The van der Waals surface area contributed by atoms with E-state index in [1.807, 2.05) is 18.2 Å². The van der Waals surface area contributed by atoms with Crippen molar-refractivity contribution in [2.75, 3.05) is 16.8 Å². The molecular weight excluding hydrogens is 352 g/mol. The van der Waals surface area contributed by atoms with E-state index in [1.54, 1.807) is 41.3 Å². The summed E-state index contributed by atoms with van der Waals surface area (Å²) in [6, 6.07) is 15.6. The maximum absolute atomic E-state index is 12.6. The van der Waals surface area contributed by atoms with Gasteiger partial charge in [0.25, 0.3) is 11.8 Å². The number of halogens is 1. The van der Waals surface area contributed by atoms with Gasteiger partial charge in [0.05, 0.1) is 6.26 Å². The van der Waals surface area contributed by atoms with Crippen molar-refractivity contribution in [3.8, 4) is 0 Å². The highest BCUT2D eigenvalue weighted by Crippen LogP contribution is 2.32. The second-order valence-corrected chi connectivity index (χ2v) is 6.43. The summed E-state index contributed by atoms with van der Waals surface area (Å²) in [7, 11) is 0. The summed E-state index contributed by atoms with van der Waals surface area (Å²) in [5, 5.41) is 3.43. The van der Waals surface area contributed by atoms with E-state index in [2.05, 4.69) is 5.32 Å². The minimum Gasteiger partial charge on any atom is -0.459 e. The van der Waals surface area contributed by atoms with Crippen molar-refractivity contribution in [1.29, 1.82) is 0 Å². The van der Waals surface area contributed by atoms with Crippen molar-refractivity contribution in [3.05, 3.63) is 82.8 Å². The van der Waals surface area contributed by atoms with Crippen LogP contribution in [0.1, 0.15) is 26.5 Å². The average Bonchev–Trinajstić information content (AvgIpc) is 3.31. The molecule has 0 aliphatic carbocycles. The lowest BCUT2D eigenvalue weighted by Crippen LogP contribution is -2.28. The lowest BCUT2D eigenvalue weighted by Gasteiger charge is -2.17. The van der Waals surface area contributed by atoms with E-state index in [4.69, 9.17) is 16.0 Å². The summed E-state index contributed by atoms with van der Waals surface area (Å²) in [5.41, 5.74) is 3.00. The SMILES string of the molecule is O=C(Nc1ccc2c(c1)N(C(=O)c1ccco1)CC2)c1ccc(Cl)cc1. The number of amides is 2. The molecule has 1 aromatic heterocycles. The predicted molar refractivity (Wildman–Crippen MR) is 99.9 cm³/mol. The summed E-state index contributed by atoms with van der Waals surface area (Å²) >= 11 is 5.85. The molecule has 130 valence electrons. The molecule has 1 aliphatic heterocycles. The van der Waals surface area contributed by atoms with E-state index in [0.29, 0.717) is 28.6 Å². The molecule has 1 aliphatic rings. The van der Waals surface area contributed by atoms with E-state index >= 15 is 0 Å². The predicted octanol–water partition coefficient (Wildman–Crippen LogP) is 4.39. The zero-order valence-corrected chi connectivity index (χ0v) is 14.5. The van der Waals surface area contributed by atoms with Gasteiger partial charge < -0.3 is 14.6 Å². The van der Waals surface area contributed by atoms with Crippen LogP contribution < -0.4 is 10.2 Å². The number of carbonyl (C=O) groups is 2. The third-order valence-electron chi connectivity index (χ3n) is 4.32. The molecule has 2 amide bonds. The molecule has 6 heteroatoms. The Morgan fingerprint density at radius 1 is 1.08 bits per heavy atom. The first-order chi connectivity index (χ1) is 12.6. The third-order valence-corrected chi connectivity index (χ3v) is 4.57. The van der Waals surface area contributed by atoms with Gasteiger partial charge in [-0.15, -0.1) is 0 Å². The Balaban J connectivity index is 1.57. The maximum atomic E-state index is 12.6. The second-order valence-electron chi connectivity index (χ2n) is 5.99. The summed E-state index contributed by atoms with van der Waals surface area (Å²) in [6.07, 6.45) is 2.25. The smallest absolute Gasteiger partial charge is 0.293 e. The lowest BCUT2D eigenvalue weighted by molar-refractivity contribution is 0.0962. The van der Waals surface area contributed by atoms with Crippen molar-refractivity contribution in [1.82, 2.24) is 0 Å². The first kappa shape index (κ1) is 16.4. The van der Waals surface area contributed by atoms with E-state index in [-0.39, 0.29) is 11.8 Å². The molecule has 0 bridgehead atoms. The number of fused-ring (bicyclic) bond motifs is 1. The molecule has 0 saturated heterocycles. The Kier molecular flexibility index (Phi) is 4.22. The first-order valence-electron chi connectivity index (χ1n) is 8.17. The van der Waals surface area contributed by atoms with Crippen molar-refractivity contribution < 1.29 is 14.0 Å². The molecule has 4 rings (SSSR count). The standard InChI is InChI=1S/C20H15ClN2O3/c21-15-6-3-14(4-7-15)19(24)22-16-8-5-13-9-10-23(17(13)12-16)20(25)18-2-1-11-26-18/h1-8,11-12H,9-10H2,(H,22,24). The maximum Gasteiger partial charge on any atom is 0.293 e. The van der Waals surface area contributed by atoms with Gasteiger partial charge in [0.1, 0.15) is 0 Å². The van der Waals surface area contributed by atoms with Crippen molar-refractivity contribution in [2.45, 2.75) is 6.42 Å². The zero-order valence-electron chi connectivity index (χ0n) is 13.7. The van der Waals surface area contributed by atoms with E-state index in [0.717, 1.165) is 17.7 Å². The third kappa shape index (κ3) is 3.09. The number of carbonyl (C=O) groups excluding carboxylic acids is 2. The summed E-state index contributed by atoms with van der Waals surface area (Å²) in [5.74, 6) is -0.119. The van der Waals surface area contributed by atoms with Gasteiger partial charge in [0.15, 0.2) is 5.76 Å². The molecule has 2 heterocycles. The van der Waals surface area contributed by atoms with Gasteiger partial charge in [-0.25, -0.2) is 0 Å². The van der Waals surface area contributed by atoms with Crippen LogP contribution in [-0.4, -0.2) is 18.4 Å². The second kappa shape index (κ2) is 6.69. The summed E-state index contributed by atoms with van der Waals surface area (Å²) < 4.78 is 5.21. The summed E-state index contributed by atoms with van der Waals surface area (Å²) in [4.78, 5) is 26.6. The largest absolute Gasteiger partial charge is 0.459 e. The quantitative estimate of drug-likeness (QED) is 0.747. The van der Waals surface area contributed by atoms with Gasteiger partial charge in [0.2, 0.25) is 0 Å². The number of furan rings is 1. The molecule has 2 aromatic carbocycles. The van der Waals surface area contributed by atoms with Crippen molar-refractivity contribution in [3.63, 3.8) is 0 Å². The van der Waals surface area contributed by atoms with Crippen LogP contribution in [0.5, 0.6) is 0 Å². The normalized spacial score (nSPS) is 12.7. The Hall–Kier alpha value is -3.05. The van der Waals surface area contributed by atoms with Crippen LogP contribution in [0, 0.1) is 0 Å². The monoisotopic (exact) mass is 366 g/mol. The van der Waals surface area contributed by atoms with Gasteiger partial charge in [-0.05, 0) is 60.5 Å². The molecule has 5 nitrogen and oxygen atoms in total. The van der Waals surface area contributed by atoms with Crippen LogP contribution in [0.15, 0.2) is 65.3 Å². The Bertz CT molecular complexity index is 965. The number of benzene rings is 2.